The summed E-state index contributed by atoms with van der Waals surface area (Å²) in [5.74, 6) is -0.447. The van der Waals surface area contributed by atoms with Crippen LogP contribution in [0.5, 0.6) is 5.75 Å². The van der Waals surface area contributed by atoms with Crippen LogP contribution in [-0.2, 0) is 6.42 Å². The maximum atomic E-state index is 14.7. The molecule has 5 rings (SSSR count). The molecule has 2 aromatic carbocycles. The molecule has 0 radical (unpaired) electrons. The Morgan fingerprint density at radius 3 is 2.67 bits per heavy atom. The Kier molecular flexibility index (Phi) is 4.24. The number of rotatable bonds is 2. The summed E-state index contributed by atoms with van der Waals surface area (Å²) in [7, 11) is 0. The lowest BCUT2D eigenvalue weighted by Gasteiger charge is -2.18. The molecule has 0 aliphatic carbocycles. The summed E-state index contributed by atoms with van der Waals surface area (Å²) in [6.45, 7) is 0.676. The lowest BCUT2D eigenvalue weighted by atomic mass is 9.96. The van der Waals surface area contributed by atoms with Crippen LogP contribution in [0.4, 0.5) is 14.6 Å². The van der Waals surface area contributed by atoms with Crippen molar-refractivity contribution in [2.75, 3.05) is 12.3 Å². The second-order valence-corrected chi connectivity index (χ2v) is 7.26. The van der Waals surface area contributed by atoms with Crippen molar-refractivity contribution < 1.29 is 13.5 Å². The maximum Gasteiger partial charge on any atom is 0.256 e. The summed E-state index contributed by atoms with van der Waals surface area (Å²) >= 11 is 0. The third-order valence-corrected chi connectivity index (χ3v) is 5.39. The molecule has 0 amide bonds. The van der Waals surface area contributed by atoms with Gasteiger partial charge in [0.05, 0.1) is 6.61 Å². The first-order chi connectivity index (χ1) is 14.5. The predicted octanol–water partition coefficient (Wildman–Crippen LogP) is 4.44. The lowest BCUT2D eigenvalue weighted by Crippen LogP contribution is -2.08. The van der Waals surface area contributed by atoms with Gasteiger partial charge >= 0.3 is 0 Å². The molecule has 4 aromatic rings. The first kappa shape index (κ1) is 18.3. The van der Waals surface area contributed by atoms with E-state index in [1.165, 1.54) is 12.1 Å². The fourth-order valence-corrected chi connectivity index (χ4v) is 3.86. The highest BCUT2D eigenvalue weighted by Crippen LogP contribution is 2.35. The zero-order valence-electron chi connectivity index (χ0n) is 15.8. The number of hydrogen-bond donors (Lipinski definition) is 2. The smallest absolute Gasteiger partial charge is 0.256 e. The van der Waals surface area contributed by atoms with E-state index in [-0.39, 0.29) is 22.1 Å². The second kappa shape index (κ2) is 6.95. The van der Waals surface area contributed by atoms with Gasteiger partial charge in [0.25, 0.3) is 5.56 Å². The van der Waals surface area contributed by atoms with Crippen LogP contribution in [0.15, 0.2) is 53.5 Å². The Labute approximate surface area is 170 Å². The topological polar surface area (TPSA) is 81.0 Å². The summed E-state index contributed by atoms with van der Waals surface area (Å²) in [4.78, 5) is 18.2. The van der Waals surface area contributed by atoms with Crippen molar-refractivity contribution in [1.82, 2.24) is 9.97 Å². The molecule has 0 unspecified atom stereocenters. The fraction of sp³-hybridized carbons (Fsp3) is 0.130. The quantitative estimate of drug-likeness (QED) is 0.483. The van der Waals surface area contributed by atoms with E-state index in [1.807, 2.05) is 12.1 Å². The average molecular weight is 405 g/mol. The van der Waals surface area contributed by atoms with E-state index in [2.05, 4.69) is 9.97 Å². The van der Waals surface area contributed by atoms with Crippen LogP contribution in [0.1, 0.15) is 12.0 Å². The number of anilines is 1. The Hall–Kier alpha value is -3.74. The molecule has 0 saturated carbocycles. The molecule has 0 bridgehead atoms. The number of nitrogens with zero attached hydrogens (tertiary/aromatic N) is 1. The van der Waals surface area contributed by atoms with Gasteiger partial charge in [0.1, 0.15) is 17.4 Å². The van der Waals surface area contributed by atoms with Crippen molar-refractivity contribution in [2.24, 2.45) is 0 Å². The number of pyridine rings is 2. The Morgan fingerprint density at radius 1 is 1.00 bits per heavy atom. The Balaban J connectivity index is 1.67. The maximum absolute atomic E-state index is 14.7. The van der Waals surface area contributed by atoms with Crippen molar-refractivity contribution in [3.05, 3.63) is 76.3 Å². The SMILES string of the molecule is Nc1nc(F)c(-c2ccc3c(c2)CCCO3)cc1-c1ccc2c(=O)[nH]cc(F)c2c1. The Bertz CT molecular complexity index is 1360. The summed E-state index contributed by atoms with van der Waals surface area (Å²) in [5, 5.41) is 0.384. The molecule has 3 heterocycles. The van der Waals surface area contributed by atoms with E-state index >= 15 is 0 Å². The number of aromatic nitrogens is 2. The van der Waals surface area contributed by atoms with Crippen molar-refractivity contribution in [3.8, 4) is 28.0 Å². The molecule has 1 aliphatic rings. The van der Waals surface area contributed by atoms with Crippen LogP contribution >= 0.6 is 0 Å². The third kappa shape index (κ3) is 2.99. The molecular formula is C23H17F2N3O2. The van der Waals surface area contributed by atoms with Crippen molar-refractivity contribution in [2.45, 2.75) is 12.8 Å². The highest BCUT2D eigenvalue weighted by atomic mass is 19.1. The monoisotopic (exact) mass is 405 g/mol. The van der Waals surface area contributed by atoms with Crippen LogP contribution in [0.3, 0.4) is 0 Å². The second-order valence-electron chi connectivity index (χ2n) is 7.26. The van der Waals surface area contributed by atoms with Gasteiger partial charge in [-0.3, -0.25) is 4.79 Å². The first-order valence-corrected chi connectivity index (χ1v) is 9.55. The van der Waals surface area contributed by atoms with E-state index in [0.717, 1.165) is 30.4 Å². The lowest BCUT2D eigenvalue weighted by molar-refractivity contribution is 0.288. The molecular weight excluding hydrogens is 388 g/mol. The number of fused-ring (bicyclic) bond motifs is 2. The largest absolute Gasteiger partial charge is 0.493 e. The molecule has 0 saturated heterocycles. The number of ether oxygens (including phenoxy) is 1. The minimum atomic E-state index is -0.684. The van der Waals surface area contributed by atoms with Crippen LogP contribution in [0.25, 0.3) is 33.0 Å². The van der Waals surface area contributed by atoms with E-state index in [1.54, 1.807) is 18.2 Å². The molecule has 0 atom stereocenters. The minimum absolute atomic E-state index is 0.0119. The van der Waals surface area contributed by atoms with E-state index in [0.29, 0.717) is 28.9 Å². The van der Waals surface area contributed by atoms with Crippen LogP contribution in [0, 0.1) is 11.8 Å². The molecule has 3 N–H and O–H groups in total. The van der Waals surface area contributed by atoms with Gasteiger partial charge in [-0.25, -0.2) is 9.37 Å². The molecule has 1 aliphatic heterocycles. The summed E-state index contributed by atoms with van der Waals surface area (Å²) in [6, 6.07) is 11.8. The predicted molar refractivity (Wildman–Crippen MR) is 111 cm³/mol. The summed E-state index contributed by atoms with van der Waals surface area (Å²) < 4.78 is 34.6. The van der Waals surface area contributed by atoms with Gasteiger partial charge in [-0.1, -0.05) is 12.1 Å². The van der Waals surface area contributed by atoms with Gasteiger partial charge in [0.2, 0.25) is 5.95 Å². The summed E-state index contributed by atoms with van der Waals surface area (Å²) in [5.41, 5.74) is 8.57. The molecule has 7 heteroatoms. The highest BCUT2D eigenvalue weighted by Gasteiger charge is 2.17. The van der Waals surface area contributed by atoms with E-state index in [4.69, 9.17) is 10.5 Å². The zero-order chi connectivity index (χ0) is 20.8. The standard InChI is InChI=1S/C23H17F2N3O2/c24-19-11-27-23(29)15-5-3-13(9-18(15)19)17-10-16(21(25)28-22(17)26)12-4-6-20-14(8-12)2-1-7-30-20/h3-6,8-11H,1-2,7H2,(H2,26,28)(H,27,29). The Morgan fingerprint density at radius 2 is 1.80 bits per heavy atom. The van der Waals surface area contributed by atoms with Gasteiger partial charge in [0.15, 0.2) is 0 Å². The number of benzene rings is 2. The van der Waals surface area contributed by atoms with Crippen LogP contribution in [-0.4, -0.2) is 16.6 Å². The molecule has 150 valence electrons. The number of halogens is 2. The van der Waals surface area contributed by atoms with Gasteiger partial charge in [-0.2, -0.15) is 4.39 Å². The van der Waals surface area contributed by atoms with Crippen molar-refractivity contribution >= 4 is 16.6 Å². The number of hydrogen-bond acceptors (Lipinski definition) is 4. The number of nitrogen functional groups attached to an aromatic ring is 1. The molecule has 2 aromatic heterocycles. The van der Waals surface area contributed by atoms with Crippen molar-refractivity contribution in [1.29, 1.82) is 0 Å². The van der Waals surface area contributed by atoms with Gasteiger partial charge < -0.3 is 15.5 Å². The van der Waals surface area contributed by atoms with Crippen LogP contribution in [0.2, 0.25) is 0 Å². The summed E-state index contributed by atoms with van der Waals surface area (Å²) in [6.07, 6.45) is 2.78. The van der Waals surface area contributed by atoms with Gasteiger partial charge in [-0.15, -0.1) is 0 Å². The average Bonchev–Trinajstić information content (AvgIpc) is 2.76. The fourth-order valence-electron chi connectivity index (χ4n) is 3.86. The third-order valence-electron chi connectivity index (χ3n) is 5.39. The van der Waals surface area contributed by atoms with Crippen molar-refractivity contribution in [3.63, 3.8) is 0 Å². The normalized spacial score (nSPS) is 13.1. The van der Waals surface area contributed by atoms with Gasteiger partial charge in [-0.05, 0) is 59.9 Å². The van der Waals surface area contributed by atoms with Crippen LogP contribution < -0.4 is 16.0 Å². The molecule has 0 spiro atoms. The number of aryl methyl sites for hydroxylation is 1. The molecule has 5 nitrogen and oxygen atoms in total. The number of aromatic amines is 1. The van der Waals surface area contributed by atoms with E-state index in [9.17, 15) is 13.6 Å². The van der Waals surface area contributed by atoms with E-state index < -0.39 is 11.8 Å². The van der Waals surface area contributed by atoms with Gasteiger partial charge in [0, 0.05) is 28.1 Å². The molecule has 0 fully saturated rings. The number of nitrogens with one attached hydrogen (secondary N) is 1. The number of nitrogens with two attached hydrogens (primary N) is 1. The highest BCUT2D eigenvalue weighted by molar-refractivity contribution is 5.89. The molecule has 30 heavy (non-hydrogen) atoms. The first-order valence-electron chi connectivity index (χ1n) is 9.55. The zero-order valence-corrected chi connectivity index (χ0v) is 15.8. The number of H-pyrrole nitrogens is 1. The minimum Gasteiger partial charge on any atom is -0.493 e.